The summed E-state index contributed by atoms with van der Waals surface area (Å²) in [5.41, 5.74) is 3.48. The van der Waals surface area contributed by atoms with E-state index in [2.05, 4.69) is 11.0 Å². The van der Waals surface area contributed by atoms with Crippen LogP contribution in [0, 0.1) is 0 Å². The van der Waals surface area contributed by atoms with Gasteiger partial charge in [-0.2, -0.15) is 0 Å². The fourth-order valence-corrected chi connectivity index (χ4v) is 4.44. The largest absolute Gasteiger partial charge is 0.493 e. The average Bonchev–Trinajstić information content (AvgIpc) is 3.16. The molecule has 114 valence electrons. The number of ketones is 1. The number of carbonyl (C=O) groups is 1. The Bertz CT molecular complexity index is 724. The molecule has 5 nitrogen and oxygen atoms in total. The van der Waals surface area contributed by atoms with Crippen molar-refractivity contribution in [1.29, 1.82) is 0 Å². The van der Waals surface area contributed by atoms with Crippen LogP contribution in [0.25, 0.3) is 0 Å². The number of methoxy groups -OCH3 is 1. The Hall–Kier alpha value is -2.01. The number of rotatable bonds is 1. The van der Waals surface area contributed by atoms with Crippen molar-refractivity contribution in [3.8, 4) is 11.5 Å². The monoisotopic (exact) mass is 299 g/mol. The average molecular weight is 299 g/mol. The van der Waals surface area contributed by atoms with E-state index in [1.54, 1.807) is 7.11 Å². The highest BCUT2D eigenvalue weighted by Gasteiger charge is 2.51. The third kappa shape index (κ3) is 1.44. The smallest absolute Gasteiger partial charge is 0.231 e. The molecule has 3 heterocycles. The molecule has 5 rings (SSSR count). The molecule has 0 saturated carbocycles. The Morgan fingerprint density at radius 3 is 2.77 bits per heavy atom. The lowest BCUT2D eigenvalue weighted by atomic mass is 9.87. The van der Waals surface area contributed by atoms with E-state index in [9.17, 15) is 4.79 Å². The number of carbonyl (C=O) groups excluding carboxylic acids is 1. The molecule has 2 atom stereocenters. The Kier molecular flexibility index (Phi) is 2.42. The first-order chi connectivity index (χ1) is 10.8. The van der Waals surface area contributed by atoms with E-state index >= 15 is 0 Å². The minimum absolute atomic E-state index is 0.120. The summed E-state index contributed by atoms with van der Waals surface area (Å²) in [4.78, 5) is 15.3. The molecule has 3 aliphatic heterocycles. The molecule has 1 aliphatic carbocycles. The van der Waals surface area contributed by atoms with Crippen LogP contribution >= 0.6 is 0 Å². The quantitative estimate of drug-likeness (QED) is 0.788. The Morgan fingerprint density at radius 1 is 1.18 bits per heavy atom. The fourth-order valence-electron chi connectivity index (χ4n) is 4.44. The maximum absolute atomic E-state index is 12.9. The molecule has 1 aromatic rings. The van der Waals surface area contributed by atoms with Gasteiger partial charge in [-0.1, -0.05) is 0 Å². The molecule has 1 aromatic carbocycles. The summed E-state index contributed by atoms with van der Waals surface area (Å²) < 4.78 is 16.5. The van der Waals surface area contributed by atoms with E-state index < -0.39 is 0 Å². The highest BCUT2D eigenvalue weighted by atomic mass is 16.7. The van der Waals surface area contributed by atoms with Gasteiger partial charge >= 0.3 is 0 Å². The molecule has 4 aliphatic rings. The van der Waals surface area contributed by atoms with E-state index in [0.717, 1.165) is 43.0 Å². The van der Waals surface area contributed by atoms with Crippen molar-refractivity contribution < 1.29 is 19.0 Å². The van der Waals surface area contributed by atoms with Gasteiger partial charge in [-0.15, -0.1) is 0 Å². The highest BCUT2D eigenvalue weighted by Crippen LogP contribution is 2.49. The summed E-state index contributed by atoms with van der Waals surface area (Å²) in [7, 11) is 1.61. The molecular weight excluding hydrogens is 282 g/mol. The van der Waals surface area contributed by atoms with Crippen molar-refractivity contribution in [3.05, 3.63) is 34.6 Å². The lowest BCUT2D eigenvalue weighted by Crippen LogP contribution is -2.34. The molecule has 0 amide bonds. The molecule has 0 aromatic heterocycles. The summed E-state index contributed by atoms with van der Waals surface area (Å²) in [6.45, 7) is 2.25. The van der Waals surface area contributed by atoms with Crippen molar-refractivity contribution >= 4 is 5.78 Å². The first-order valence-electron chi connectivity index (χ1n) is 7.75. The van der Waals surface area contributed by atoms with Crippen LogP contribution in [0.3, 0.4) is 0 Å². The number of allylic oxidation sites excluding steroid dienone is 1. The van der Waals surface area contributed by atoms with Crippen LogP contribution in [0.15, 0.2) is 23.5 Å². The van der Waals surface area contributed by atoms with Crippen LogP contribution in [0.5, 0.6) is 11.5 Å². The third-order valence-electron chi connectivity index (χ3n) is 5.37. The van der Waals surface area contributed by atoms with Gasteiger partial charge in [0.2, 0.25) is 12.6 Å². The number of nitrogens with zero attached hydrogens (tertiary/aromatic N) is 1. The Morgan fingerprint density at radius 2 is 1.95 bits per heavy atom. The number of ether oxygens (including phenoxy) is 3. The molecule has 0 radical (unpaired) electrons. The highest BCUT2D eigenvalue weighted by molar-refractivity contribution is 6.04. The first kappa shape index (κ1) is 12.5. The van der Waals surface area contributed by atoms with E-state index in [1.165, 1.54) is 11.1 Å². The van der Waals surface area contributed by atoms with Gasteiger partial charge in [0.15, 0.2) is 17.3 Å². The molecular formula is C17H17NO4. The van der Waals surface area contributed by atoms with E-state index in [-0.39, 0.29) is 24.5 Å². The van der Waals surface area contributed by atoms with E-state index in [0.29, 0.717) is 5.76 Å². The van der Waals surface area contributed by atoms with E-state index in [1.807, 2.05) is 6.07 Å². The van der Waals surface area contributed by atoms with Gasteiger partial charge in [-0.25, -0.2) is 0 Å². The SMILES string of the molecule is COC1=C2CCN3CCc4cc5c(cc4[C@H](C1=O)C23)OCO5. The zero-order chi connectivity index (χ0) is 14.8. The van der Waals surface area contributed by atoms with Gasteiger partial charge in [-0.3, -0.25) is 9.69 Å². The van der Waals surface area contributed by atoms with Crippen molar-refractivity contribution in [3.63, 3.8) is 0 Å². The maximum atomic E-state index is 12.9. The van der Waals surface area contributed by atoms with Crippen LogP contribution in [0.1, 0.15) is 23.5 Å². The molecule has 0 N–H and O–H groups in total. The summed E-state index contributed by atoms with van der Waals surface area (Å²) in [5, 5.41) is 0. The number of Topliss-reactive ketones (excluding diaryl/α,β-unsaturated/α-hetero) is 1. The van der Waals surface area contributed by atoms with Gasteiger partial charge in [-0.05, 0) is 41.7 Å². The zero-order valence-corrected chi connectivity index (χ0v) is 12.4. The minimum atomic E-state index is -0.153. The molecule has 1 unspecified atom stereocenters. The van der Waals surface area contributed by atoms with Crippen LogP contribution in [-0.2, 0) is 16.0 Å². The molecule has 1 fully saturated rings. The summed E-state index contributed by atoms with van der Waals surface area (Å²) in [5.74, 6) is 2.11. The molecule has 0 spiro atoms. The second kappa shape index (κ2) is 4.26. The zero-order valence-electron chi connectivity index (χ0n) is 12.4. The number of benzene rings is 1. The standard InChI is InChI=1S/C17H17NO4/c1-20-17-10-3-5-18-4-2-9-6-12-13(22-8-21-12)7-11(9)14(15(10)18)16(17)19/h6-7,14-15H,2-5,8H2,1H3/t14-,15?/m0/s1. The molecule has 1 saturated heterocycles. The predicted molar refractivity (Wildman–Crippen MR) is 78.0 cm³/mol. The van der Waals surface area contributed by atoms with E-state index in [4.69, 9.17) is 14.2 Å². The molecule has 5 heteroatoms. The van der Waals surface area contributed by atoms with Crippen molar-refractivity contribution in [2.45, 2.75) is 24.8 Å². The van der Waals surface area contributed by atoms with Crippen LogP contribution in [-0.4, -0.2) is 43.7 Å². The minimum Gasteiger partial charge on any atom is -0.493 e. The Labute approximate surface area is 128 Å². The number of hydrogen-bond donors (Lipinski definition) is 0. The van der Waals surface area contributed by atoms with Gasteiger partial charge in [0, 0.05) is 19.1 Å². The van der Waals surface area contributed by atoms with Crippen LogP contribution in [0.4, 0.5) is 0 Å². The second-order valence-corrected chi connectivity index (χ2v) is 6.29. The van der Waals surface area contributed by atoms with Crippen molar-refractivity contribution in [2.24, 2.45) is 0 Å². The van der Waals surface area contributed by atoms with Gasteiger partial charge in [0.25, 0.3) is 0 Å². The normalized spacial score (nSPS) is 28.7. The number of hydrogen-bond acceptors (Lipinski definition) is 5. The van der Waals surface area contributed by atoms with Crippen molar-refractivity contribution in [2.75, 3.05) is 27.0 Å². The van der Waals surface area contributed by atoms with Crippen LogP contribution < -0.4 is 9.47 Å². The van der Waals surface area contributed by atoms with Gasteiger partial charge in [0.05, 0.1) is 13.0 Å². The summed E-state index contributed by atoms with van der Waals surface area (Å²) >= 11 is 0. The molecule has 22 heavy (non-hydrogen) atoms. The summed E-state index contributed by atoms with van der Waals surface area (Å²) in [6, 6.07) is 4.24. The predicted octanol–water partition coefficient (Wildman–Crippen LogP) is 1.61. The number of fused-ring (bicyclic) bond motifs is 3. The van der Waals surface area contributed by atoms with Gasteiger partial charge in [0.1, 0.15) is 0 Å². The van der Waals surface area contributed by atoms with Gasteiger partial charge < -0.3 is 14.2 Å². The first-order valence-corrected chi connectivity index (χ1v) is 7.75. The maximum Gasteiger partial charge on any atom is 0.231 e. The Balaban J connectivity index is 1.69. The third-order valence-corrected chi connectivity index (χ3v) is 5.37. The lowest BCUT2D eigenvalue weighted by Gasteiger charge is -2.24. The fraction of sp³-hybridized carbons (Fsp3) is 0.471. The van der Waals surface area contributed by atoms with Crippen LogP contribution in [0.2, 0.25) is 0 Å². The summed E-state index contributed by atoms with van der Waals surface area (Å²) in [6.07, 6.45) is 1.89. The topological polar surface area (TPSA) is 48.0 Å². The second-order valence-electron chi connectivity index (χ2n) is 6.29. The lowest BCUT2D eigenvalue weighted by molar-refractivity contribution is -0.119. The molecule has 0 bridgehead atoms. The van der Waals surface area contributed by atoms with Crippen molar-refractivity contribution in [1.82, 2.24) is 4.90 Å².